The van der Waals surface area contributed by atoms with Crippen LogP contribution in [-0.4, -0.2) is 44.1 Å². The molecular formula is C15H23ClN2O2. The summed E-state index contributed by atoms with van der Waals surface area (Å²) < 4.78 is 5.46. The third kappa shape index (κ3) is 4.09. The van der Waals surface area contributed by atoms with E-state index in [1.54, 1.807) is 0 Å². The second kappa shape index (κ2) is 7.84. The van der Waals surface area contributed by atoms with Gasteiger partial charge in [-0.05, 0) is 30.7 Å². The highest BCUT2D eigenvalue weighted by Gasteiger charge is 2.21. The smallest absolute Gasteiger partial charge is 0.0980 e. The van der Waals surface area contributed by atoms with Gasteiger partial charge >= 0.3 is 0 Å². The van der Waals surface area contributed by atoms with Gasteiger partial charge < -0.3 is 20.1 Å². The van der Waals surface area contributed by atoms with Crippen LogP contribution in [0.5, 0.6) is 0 Å². The van der Waals surface area contributed by atoms with Crippen LogP contribution in [0.3, 0.4) is 0 Å². The Labute approximate surface area is 125 Å². The minimum Gasteiger partial charge on any atom is -0.394 e. The molecule has 1 atom stereocenters. The number of benzene rings is 1. The highest BCUT2D eigenvalue weighted by Crippen LogP contribution is 2.28. The summed E-state index contributed by atoms with van der Waals surface area (Å²) in [7, 11) is 0. The number of hydrogen-bond acceptors (Lipinski definition) is 4. The number of halogens is 1. The molecule has 112 valence electrons. The predicted molar refractivity (Wildman–Crippen MR) is 82.5 cm³/mol. The summed E-state index contributed by atoms with van der Waals surface area (Å²) in [5.74, 6) is 0. The molecule has 1 heterocycles. The maximum absolute atomic E-state index is 9.20. The minimum atomic E-state index is -0.120. The molecular weight excluding hydrogens is 276 g/mol. The Morgan fingerprint density at radius 2 is 2.35 bits per heavy atom. The molecule has 1 aliphatic heterocycles. The molecule has 2 N–H and O–H groups in total. The molecule has 1 aromatic rings. The van der Waals surface area contributed by atoms with Gasteiger partial charge in [0.2, 0.25) is 0 Å². The number of hydrogen-bond donors (Lipinski definition) is 2. The molecule has 1 fully saturated rings. The fourth-order valence-electron chi connectivity index (χ4n) is 2.37. The number of nitrogens with zero attached hydrogens (tertiary/aromatic N) is 1. The summed E-state index contributed by atoms with van der Waals surface area (Å²) in [4.78, 5) is 2.18. The van der Waals surface area contributed by atoms with Crippen molar-refractivity contribution in [1.29, 1.82) is 0 Å². The van der Waals surface area contributed by atoms with Crippen LogP contribution >= 0.6 is 11.6 Å². The van der Waals surface area contributed by atoms with Crippen molar-refractivity contribution in [3.63, 3.8) is 0 Å². The number of aliphatic hydroxyl groups excluding tert-OH is 1. The molecule has 2 rings (SSSR count). The van der Waals surface area contributed by atoms with Crippen LogP contribution in [0.1, 0.15) is 18.9 Å². The van der Waals surface area contributed by atoms with Crippen LogP contribution in [0, 0.1) is 0 Å². The van der Waals surface area contributed by atoms with Crippen molar-refractivity contribution in [2.24, 2.45) is 0 Å². The van der Waals surface area contributed by atoms with Crippen molar-refractivity contribution in [1.82, 2.24) is 5.32 Å². The number of nitrogens with one attached hydrogen (secondary N) is 1. The van der Waals surface area contributed by atoms with Gasteiger partial charge in [-0.2, -0.15) is 0 Å². The molecule has 0 amide bonds. The van der Waals surface area contributed by atoms with E-state index in [4.69, 9.17) is 16.3 Å². The molecule has 0 aliphatic carbocycles. The van der Waals surface area contributed by atoms with Crippen LogP contribution in [0.15, 0.2) is 18.2 Å². The fourth-order valence-corrected chi connectivity index (χ4v) is 2.70. The Bertz CT molecular complexity index is 428. The summed E-state index contributed by atoms with van der Waals surface area (Å²) in [5.41, 5.74) is 2.21. The van der Waals surface area contributed by atoms with Gasteiger partial charge in [0.25, 0.3) is 0 Å². The molecule has 1 aliphatic rings. The Morgan fingerprint density at radius 1 is 1.50 bits per heavy atom. The van der Waals surface area contributed by atoms with E-state index in [-0.39, 0.29) is 12.7 Å². The summed E-state index contributed by atoms with van der Waals surface area (Å²) in [5, 5.41) is 13.3. The molecule has 20 heavy (non-hydrogen) atoms. The summed E-state index contributed by atoms with van der Waals surface area (Å²) in [6.07, 6.45) is 1.01. The first-order valence-electron chi connectivity index (χ1n) is 7.21. The Morgan fingerprint density at radius 3 is 3.05 bits per heavy atom. The van der Waals surface area contributed by atoms with Gasteiger partial charge in [0.05, 0.1) is 30.0 Å². The first-order valence-corrected chi connectivity index (χ1v) is 7.59. The number of aliphatic hydroxyl groups is 1. The van der Waals surface area contributed by atoms with Gasteiger partial charge in [0.15, 0.2) is 0 Å². The van der Waals surface area contributed by atoms with Crippen LogP contribution in [0.2, 0.25) is 5.02 Å². The average Bonchev–Trinajstić information content (AvgIpc) is 2.48. The van der Waals surface area contributed by atoms with E-state index >= 15 is 0 Å². The molecule has 0 aromatic heterocycles. The number of rotatable bonds is 6. The zero-order chi connectivity index (χ0) is 14.4. The van der Waals surface area contributed by atoms with Gasteiger partial charge in [0, 0.05) is 19.6 Å². The van der Waals surface area contributed by atoms with Gasteiger partial charge in [-0.3, -0.25) is 0 Å². The van der Waals surface area contributed by atoms with Crippen LogP contribution < -0.4 is 10.2 Å². The Balaban J connectivity index is 2.01. The van der Waals surface area contributed by atoms with Crippen molar-refractivity contribution >= 4 is 17.3 Å². The molecule has 4 nitrogen and oxygen atoms in total. The first-order chi connectivity index (χ1) is 9.74. The number of morpholine rings is 1. The molecule has 1 unspecified atom stereocenters. The number of anilines is 1. The minimum absolute atomic E-state index is 0.0488. The third-order valence-electron chi connectivity index (χ3n) is 3.45. The lowest BCUT2D eigenvalue weighted by atomic mass is 10.1. The van der Waals surface area contributed by atoms with Crippen LogP contribution in [0.4, 0.5) is 5.69 Å². The maximum Gasteiger partial charge on any atom is 0.0980 e. The highest BCUT2D eigenvalue weighted by molar-refractivity contribution is 6.33. The lowest BCUT2D eigenvalue weighted by Crippen LogP contribution is -2.44. The van der Waals surface area contributed by atoms with Crippen LogP contribution in [-0.2, 0) is 11.3 Å². The van der Waals surface area contributed by atoms with E-state index in [0.29, 0.717) is 13.2 Å². The van der Waals surface area contributed by atoms with E-state index in [1.165, 1.54) is 5.56 Å². The zero-order valence-electron chi connectivity index (χ0n) is 11.9. The Kier molecular flexibility index (Phi) is 6.10. The predicted octanol–water partition coefficient (Wildman–Crippen LogP) is 2.04. The first kappa shape index (κ1) is 15.6. The fraction of sp³-hybridized carbons (Fsp3) is 0.600. The maximum atomic E-state index is 9.20. The van der Waals surface area contributed by atoms with E-state index in [0.717, 1.165) is 36.8 Å². The van der Waals surface area contributed by atoms with Crippen molar-refractivity contribution < 1.29 is 9.84 Å². The van der Waals surface area contributed by atoms with Crippen molar-refractivity contribution in [3.8, 4) is 0 Å². The molecule has 1 saturated heterocycles. The second-order valence-electron chi connectivity index (χ2n) is 5.08. The summed E-state index contributed by atoms with van der Waals surface area (Å²) in [6, 6.07) is 6.18. The molecule has 0 spiro atoms. The molecule has 0 bridgehead atoms. The lowest BCUT2D eigenvalue weighted by Gasteiger charge is -2.34. The van der Waals surface area contributed by atoms with E-state index < -0.39 is 0 Å². The number of ether oxygens (including phenoxy) is 1. The molecule has 5 heteroatoms. The standard InChI is InChI=1S/C15H23ClN2O2/c1-2-5-17-9-12-3-4-15(14(16)8-12)18-6-7-20-13(10-18)11-19/h3-4,8,13,17,19H,2,5-7,9-11H2,1H3. The SMILES string of the molecule is CCCNCc1ccc(N2CCOC(CO)C2)c(Cl)c1. The zero-order valence-corrected chi connectivity index (χ0v) is 12.7. The van der Waals surface area contributed by atoms with E-state index in [9.17, 15) is 5.11 Å². The molecule has 1 aromatic carbocycles. The van der Waals surface area contributed by atoms with Crippen molar-refractivity contribution in [2.75, 3.05) is 37.7 Å². The molecule has 0 saturated carbocycles. The van der Waals surface area contributed by atoms with Crippen LogP contribution in [0.25, 0.3) is 0 Å². The van der Waals surface area contributed by atoms with E-state index in [1.807, 2.05) is 6.07 Å². The van der Waals surface area contributed by atoms with Crippen molar-refractivity contribution in [2.45, 2.75) is 26.0 Å². The van der Waals surface area contributed by atoms with Gasteiger partial charge in [-0.25, -0.2) is 0 Å². The normalized spacial score (nSPS) is 19.4. The Hall–Kier alpha value is -0.810. The monoisotopic (exact) mass is 298 g/mol. The van der Waals surface area contributed by atoms with Crippen molar-refractivity contribution in [3.05, 3.63) is 28.8 Å². The second-order valence-corrected chi connectivity index (χ2v) is 5.49. The topological polar surface area (TPSA) is 44.7 Å². The van der Waals surface area contributed by atoms with Gasteiger partial charge in [-0.1, -0.05) is 24.6 Å². The lowest BCUT2D eigenvalue weighted by molar-refractivity contribution is 0.00357. The van der Waals surface area contributed by atoms with E-state index in [2.05, 4.69) is 29.3 Å². The van der Waals surface area contributed by atoms with Gasteiger partial charge in [0.1, 0.15) is 0 Å². The highest BCUT2D eigenvalue weighted by atomic mass is 35.5. The average molecular weight is 299 g/mol. The quantitative estimate of drug-likeness (QED) is 0.789. The van der Waals surface area contributed by atoms with Gasteiger partial charge in [-0.15, -0.1) is 0 Å². The summed E-state index contributed by atoms with van der Waals surface area (Å²) >= 11 is 6.39. The summed E-state index contributed by atoms with van der Waals surface area (Å²) in [6.45, 7) is 6.18. The molecule has 0 radical (unpaired) electrons. The largest absolute Gasteiger partial charge is 0.394 e. The third-order valence-corrected chi connectivity index (χ3v) is 3.75.